The first-order valence-electron chi connectivity index (χ1n) is 9.09. The molecule has 1 saturated heterocycles. The fourth-order valence-corrected chi connectivity index (χ4v) is 4.34. The van der Waals surface area contributed by atoms with Crippen LogP contribution in [-0.2, 0) is 0 Å². The first-order chi connectivity index (χ1) is 12.1. The van der Waals surface area contributed by atoms with E-state index in [9.17, 15) is 9.18 Å². The number of aromatic nitrogens is 1. The third kappa shape index (κ3) is 3.34. The minimum absolute atomic E-state index is 0.0178. The smallest absolute Gasteiger partial charge is 0.270 e. The molecule has 2 aliphatic rings. The molecule has 4 nitrogen and oxygen atoms in total. The lowest BCUT2D eigenvalue weighted by Crippen LogP contribution is -2.48. The van der Waals surface area contributed by atoms with Gasteiger partial charge in [-0.25, -0.2) is 4.39 Å². The number of nitrogens with one attached hydrogen (secondary N) is 1. The van der Waals surface area contributed by atoms with Gasteiger partial charge in [-0.3, -0.25) is 4.79 Å². The second-order valence-corrected chi connectivity index (χ2v) is 8.06. The van der Waals surface area contributed by atoms with Gasteiger partial charge in [0.15, 0.2) is 0 Å². The number of carbonyl (C=O) groups excluding carboxylic acids is 1. The van der Waals surface area contributed by atoms with Gasteiger partial charge in [0.2, 0.25) is 0 Å². The molecule has 0 unspecified atom stereocenters. The molecule has 1 aliphatic carbocycles. The van der Waals surface area contributed by atoms with Crippen molar-refractivity contribution in [2.45, 2.75) is 44.7 Å². The maximum atomic E-state index is 14.2. The highest BCUT2D eigenvalue weighted by Gasteiger charge is 2.39. The van der Waals surface area contributed by atoms with Crippen LogP contribution in [0.2, 0.25) is 0 Å². The van der Waals surface area contributed by atoms with Crippen molar-refractivity contribution in [1.82, 2.24) is 14.8 Å². The van der Waals surface area contributed by atoms with Crippen LogP contribution in [0.15, 0.2) is 22.7 Å². The van der Waals surface area contributed by atoms with Crippen molar-refractivity contribution in [2.24, 2.45) is 0 Å². The fourth-order valence-electron chi connectivity index (χ4n) is 3.91. The number of nitrogens with zero attached hydrogens (tertiary/aromatic N) is 2. The number of halogens is 2. The molecule has 25 heavy (non-hydrogen) atoms. The molecular formula is C19H23BrFN3O. The highest BCUT2D eigenvalue weighted by Crippen LogP contribution is 2.34. The maximum absolute atomic E-state index is 14.2. The van der Waals surface area contributed by atoms with Gasteiger partial charge < -0.3 is 14.8 Å². The highest BCUT2D eigenvalue weighted by atomic mass is 79.9. The van der Waals surface area contributed by atoms with E-state index in [1.54, 1.807) is 6.07 Å². The lowest BCUT2D eigenvalue weighted by molar-refractivity contribution is 0.0549. The van der Waals surface area contributed by atoms with Gasteiger partial charge in [0.25, 0.3) is 5.91 Å². The van der Waals surface area contributed by atoms with Crippen molar-refractivity contribution in [2.75, 3.05) is 19.6 Å². The topological polar surface area (TPSA) is 39.3 Å². The van der Waals surface area contributed by atoms with E-state index in [0.717, 1.165) is 45.3 Å². The summed E-state index contributed by atoms with van der Waals surface area (Å²) in [4.78, 5) is 20.8. The van der Waals surface area contributed by atoms with Crippen molar-refractivity contribution in [3.63, 3.8) is 0 Å². The molecule has 134 valence electrons. The number of hydrogen-bond donors (Lipinski definition) is 1. The van der Waals surface area contributed by atoms with E-state index in [-0.39, 0.29) is 11.7 Å². The molecular weight excluding hydrogens is 385 g/mol. The lowest BCUT2D eigenvalue weighted by atomic mass is 10.0. The Bertz CT molecular complexity index is 793. The van der Waals surface area contributed by atoms with Crippen LogP contribution >= 0.6 is 15.9 Å². The number of carbonyl (C=O) groups is 1. The van der Waals surface area contributed by atoms with Crippen LogP contribution in [0.5, 0.6) is 0 Å². The van der Waals surface area contributed by atoms with E-state index in [2.05, 4.69) is 37.6 Å². The Balaban J connectivity index is 1.60. The van der Waals surface area contributed by atoms with E-state index in [1.165, 1.54) is 6.07 Å². The number of likely N-dealkylation sites (tertiary alicyclic amines) is 1. The van der Waals surface area contributed by atoms with Gasteiger partial charge in [-0.15, -0.1) is 0 Å². The summed E-state index contributed by atoms with van der Waals surface area (Å²) in [5, 5.41) is 0.475. The zero-order valence-electron chi connectivity index (χ0n) is 14.4. The summed E-state index contributed by atoms with van der Waals surface area (Å²) in [5.74, 6) is -0.293. The van der Waals surface area contributed by atoms with Crippen molar-refractivity contribution < 1.29 is 9.18 Å². The van der Waals surface area contributed by atoms with Gasteiger partial charge in [-0.05, 0) is 50.4 Å². The average Bonchev–Trinajstić information content (AvgIpc) is 3.33. The first-order valence-corrected chi connectivity index (χ1v) is 9.89. The molecule has 2 aromatic rings. The Kier molecular flexibility index (Phi) is 4.58. The van der Waals surface area contributed by atoms with Gasteiger partial charge in [0, 0.05) is 35.0 Å². The minimum atomic E-state index is -0.311. The second-order valence-electron chi connectivity index (χ2n) is 7.14. The molecule has 2 heterocycles. The van der Waals surface area contributed by atoms with E-state index in [4.69, 9.17) is 0 Å². The van der Waals surface area contributed by atoms with Gasteiger partial charge in [-0.1, -0.05) is 22.9 Å². The van der Waals surface area contributed by atoms with E-state index in [1.807, 2.05) is 6.07 Å². The van der Waals surface area contributed by atoms with Crippen LogP contribution in [0, 0.1) is 5.82 Å². The van der Waals surface area contributed by atoms with Crippen molar-refractivity contribution in [3.8, 4) is 0 Å². The number of piperidine rings is 1. The third-order valence-corrected chi connectivity index (χ3v) is 5.91. The fraction of sp³-hybridized carbons (Fsp3) is 0.526. The Hall–Kier alpha value is -1.40. The lowest BCUT2D eigenvalue weighted by Gasteiger charge is -2.38. The Labute approximate surface area is 155 Å². The van der Waals surface area contributed by atoms with Crippen LogP contribution in [0.1, 0.15) is 43.1 Å². The van der Waals surface area contributed by atoms with Crippen molar-refractivity contribution >= 4 is 32.7 Å². The number of hydrogen-bond acceptors (Lipinski definition) is 2. The maximum Gasteiger partial charge on any atom is 0.270 e. The summed E-state index contributed by atoms with van der Waals surface area (Å²) < 4.78 is 14.8. The molecule has 1 aromatic heterocycles. The Morgan fingerprint density at radius 1 is 1.24 bits per heavy atom. The molecule has 0 spiro atoms. The molecule has 1 aliphatic heterocycles. The summed E-state index contributed by atoms with van der Waals surface area (Å²) in [5.41, 5.74) is 1.16. The van der Waals surface area contributed by atoms with Gasteiger partial charge in [0.1, 0.15) is 11.5 Å². The van der Waals surface area contributed by atoms with E-state index >= 15 is 0 Å². The minimum Gasteiger partial charge on any atom is -0.350 e. The molecule has 6 heteroatoms. The Morgan fingerprint density at radius 2 is 1.92 bits per heavy atom. The molecule has 0 atom stereocenters. The highest BCUT2D eigenvalue weighted by molar-refractivity contribution is 9.10. The number of amides is 1. The SMILES string of the molecule is CCN1CCC(N(C(=O)c2cc3c(F)cc(Br)cc3[nH]2)C2CC2)CC1. The van der Waals surface area contributed by atoms with Crippen LogP contribution in [-0.4, -0.2) is 52.4 Å². The molecule has 0 radical (unpaired) electrons. The predicted molar refractivity (Wildman–Crippen MR) is 100 cm³/mol. The van der Waals surface area contributed by atoms with Gasteiger partial charge in [-0.2, -0.15) is 0 Å². The molecule has 0 bridgehead atoms. The zero-order chi connectivity index (χ0) is 17.6. The van der Waals surface area contributed by atoms with Crippen LogP contribution in [0.4, 0.5) is 4.39 Å². The van der Waals surface area contributed by atoms with Crippen molar-refractivity contribution in [1.29, 1.82) is 0 Å². The molecule has 2 fully saturated rings. The number of rotatable bonds is 4. The zero-order valence-corrected chi connectivity index (χ0v) is 16.0. The van der Waals surface area contributed by atoms with E-state index < -0.39 is 0 Å². The predicted octanol–water partition coefficient (Wildman–Crippen LogP) is 4.16. The van der Waals surface area contributed by atoms with Crippen molar-refractivity contribution in [3.05, 3.63) is 34.2 Å². The summed E-state index contributed by atoms with van der Waals surface area (Å²) in [6.07, 6.45) is 4.21. The molecule has 1 N–H and O–H groups in total. The first kappa shape index (κ1) is 17.0. The number of aromatic amines is 1. The molecule has 1 saturated carbocycles. The molecule has 1 amide bonds. The monoisotopic (exact) mass is 407 g/mol. The molecule has 4 rings (SSSR count). The summed E-state index contributed by atoms with van der Waals surface area (Å²) >= 11 is 3.31. The van der Waals surface area contributed by atoms with E-state index in [0.29, 0.717) is 33.2 Å². The number of fused-ring (bicyclic) bond motifs is 1. The largest absolute Gasteiger partial charge is 0.350 e. The summed E-state index contributed by atoms with van der Waals surface area (Å²) in [7, 11) is 0. The normalized spacial score (nSPS) is 19.5. The van der Waals surface area contributed by atoms with Crippen LogP contribution in [0.3, 0.4) is 0 Å². The quantitative estimate of drug-likeness (QED) is 0.826. The van der Waals surface area contributed by atoms with Gasteiger partial charge in [0.05, 0.1) is 5.52 Å². The number of H-pyrrole nitrogens is 1. The third-order valence-electron chi connectivity index (χ3n) is 5.46. The number of benzene rings is 1. The summed E-state index contributed by atoms with van der Waals surface area (Å²) in [6.45, 7) is 5.35. The van der Waals surface area contributed by atoms with Crippen LogP contribution < -0.4 is 0 Å². The van der Waals surface area contributed by atoms with Crippen LogP contribution in [0.25, 0.3) is 10.9 Å². The standard InChI is InChI=1S/C19H23BrFN3O/c1-2-23-7-5-14(6-8-23)24(13-3-4-13)19(25)18-11-15-16(21)9-12(20)10-17(15)22-18/h9-11,13-14,22H,2-8H2,1H3. The average molecular weight is 408 g/mol. The Morgan fingerprint density at radius 3 is 2.56 bits per heavy atom. The summed E-state index contributed by atoms with van der Waals surface area (Å²) in [6, 6.07) is 5.56. The van der Waals surface area contributed by atoms with Gasteiger partial charge >= 0.3 is 0 Å². The molecule has 1 aromatic carbocycles. The second kappa shape index (κ2) is 6.72.